The smallest absolute Gasteiger partial charge is 0.247 e. The van der Waals surface area contributed by atoms with E-state index in [0.29, 0.717) is 12.3 Å². The SMILES string of the molecule is CCCC#Cc1ccc2c(c1)O[C@@H](CN(C)CC1CC1)[C@@H](C)CN([C@H](C)CO)S2(=O)=O. The van der Waals surface area contributed by atoms with Gasteiger partial charge in [-0.1, -0.05) is 25.7 Å². The van der Waals surface area contributed by atoms with E-state index in [1.807, 2.05) is 6.92 Å². The molecule has 0 bridgehead atoms. The highest BCUT2D eigenvalue weighted by Gasteiger charge is 2.38. The van der Waals surface area contributed by atoms with E-state index in [-0.39, 0.29) is 23.5 Å². The number of hydrogen-bond acceptors (Lipinski definition) is 5. The standard InChI is InChI=1S/C24H36N2O4S/c1-5-6-7-8-20-11-12-24-22(13-20)30-23(16-25(4)15-21-9-10-21)18(2)14-26(19(3)17-27)31(24,28)29/h11-13,18-19,21,23,27H,5-6,9-10,14-17H2,1-4H3/t18-,19+,23-/m0/s1. The average molecular weight is 449 g/mol. The molecule has 1 heterocycles. The summed E-state index contributed by atoms with van der Waals surface area (Å²) in [5.41, 5.74) is 0.752. The van der Waals surface area contributed by atoms with E-state index in [4.69, 9.17) is 4.74 Å². The molecule has 0 spiro atoms. The highest BCUT2D eigenvalue weighted by atomic mass is 32.2. The predicted octanol–water partition coefficient (Wildman–Crippen LogP) is 2.95. The maximum absolute atomic E-state index is 13.5. The Morgan fingerprint density at radius 2 is 2.06 bits per heavy atom. The molecule has 1 aromatic rings. The molecule has 1 N–H and O–H groups in total. The number of ether oxygens (including phenoxy) is 1. The van der Waals surface area contributed by atoms with E-state index in [1.165, 1.54) is 17.1 Å². The van der Waals surface area contributed by atoms with Crippen molar-refractivity contribution in [1.82, 2.24) is 9.21 Å². The molecular weight excluding hydrogens is 412 g/mol. The van der Waals surface area contributed by atoms with Crippen LogP contribution in [-0.2, 0) is 10.0 Å². The summed E-state index contributed by atoms with van der Waals surface area (Å²) in [6, 6.07) is 4.58. The molecular formula is C24H36N2O4S. The number of sulfonamides is 1. The first-order valence-corrected chi connectivity index (χ1v) is 12.8. The zero-order chi connectivity index (χ0) is 22.6. The van der Waals surface area contributed by atoms with Crippen molar-refractivity contribution in [2.75, 3.05) is 33.3 Å². The second-order valence-electron chi connectivity index (χ2n) is 9.12. The van der Waals surface area contributed by atoms with Crippen molar-refractivity contribution < 1.29 is 18.3 Å². The third kappa shape index (κ3) is 6.01. The third-order valence-electron chi connectivity index (χ3n) is 6.03. The van der Waals surface area contributed by atoms with E-state index in [0.717, 1.165) is 37.4 Å². The Labute approximate surface area is 187 Å². The molecule has 6 nitrogen and oxygen atoms in total. The second-order valence-corrected chi connectivity index (χ2v) is 11.0. The molecule has 2 aliphatic rings. The molecule has 1 aromatic carbocycles. The number of likely N-dealkylation sites (N-methyl/N-ethyl adjacent to an activating group) is 1. The summed E-state index contributed by atoms with van der Waals surface area (Å²) in [4.78, 5) is 2.44. The first kappa shape index (κ1) is 24.1. The molecule has 0 radical (unpaired) electrons. The number of hydrogen-bond donors (Lipinski definition) is 1. The summed E-state index contributed by atoms with van der Waals surface area (Å²) in [6.07, 6.45) is 4.18. The highest BCUT2D eigenvalue weighted by Crippen LogP contribution is 2.35. The number of aliphatic hydroxyl groups excluding tert-OH is 1. The zero-order valence-electron chi connectivity index (χ0n) is 19.2. The lowest BCUT2D eigenvalue weighted by Gasteiger charge is -2.37. The fraction of sp³-hybridized carbons (Fsp3) is 0.667. The maximum atomic E-state index is 13.5. The molecule has 3 atom stereocenters. The van der Waals surface area contributed by atoms with Gasteiger partial charge >= 0.3 is 0 Å². The van der Waals surface area contributed by atoms with Crippen molar-refractivity contribution in [3.8, 4) is 17.6 Å². The second kappa shape index (κ2) is 10.4. The van der Waals surface area contributed by atoms with Crippen LogP contribution in [0.3, 0.4) is 0 Å². The molecule has 7 heteroatoms. The lowest BCUT2D eigenvalue weighted by atomic mass is 10.0. The van der Waals surface area contributed by atoms with Crippen LogP contribution in [0.2, 0.25) is 0 Å². The number of nitrogens with zero attached hydrogens (tertiary/aromatic N) is 2. The Morgan fingerprint density at radius 1 is 1.32 bits per heavy atom. The van der Waals surface area contributed by atoms with Crippen LogP contribution >= 0.6 is 0 Å². The Morgan fingerprint density at radius 3 is 2.71 bits per heavy atom. The molecule has 1 fully saturated rings. The van der Waals surface area contributed by atoms with Gasteiger partial charge in [0.05, 0.1) is 6.61 Å². The molecule has 172 valence electrons. The number of aliphatic hydroxyl groups is 1. The largest absolute Gasteiger partial charge is 0.487 e. The van der Waals surface area contributed by atoms with E-state index < -0.39 is 16.1 Å². The number of rotatable bonds is 7. The minimum Gasteiger partial charge on any atom is -0.487 e. The van der Waals surface area contributed by atoms with Crippen LogP contribution < -0.4 is 4.74 Å². The van der Waals surface area contributed by atoms with Crippen LogP contribution in [-0.4, -0.2) is 68.2 Å². The first-order valence-electron chi connectivity index (χ1n) is 11.4. The first-order chi connectivity index (χ1) is 14.8. The van der Waals surface area contributed by atoms with Crippen molar-refractivity contribution in [2.24, 2.45) is 11.8 Å². The van der Waals surface area contributed by atoms with Gasteiger partial charge in [0.1, 0.15) is 16.7 Å². The predicted molar refractivity (Wildman–Crippen MR) is 122 cm³/mol. The van der Waals surface area contributed by atoms with Crippen molar-refractivity contribution in [3.05, 3.63) is 23.8 Å². The van der Waals surface area contributed by atoms with Gasteiger partial charge in [-0.05, 0) is 57.4 Å². The van der Waals surface area contributed by atoms with Gasteiger partial charge in [-0.25, -0.2) is 8.42 Å². The summed E-state index contributed by atoms with van der Waals surface area (Å²) >= 11 is 0. The minimum absolute atomic E-state index is 0.0339. The van der Waals surface area contributed by atoms with E-state index in [9.17, 15) is 13.5 Å². The summed E-state index contributed by atoms with van der Waals surface area (Å²) < 4.78 is 34.7. The average Bonchev–Trinajstić information content (AvgIpc) is 3.54. The highest BCUT2D eigenvalue weighted by molar-refractivity contribution is 7.89. The molecule has 1 aliphatic carbocycles. The summed E-state index contributed by atoms with van der Waals surface area (Å²) in [6.45, 7) is 7.69. The summed E-state index contributed by atoms with van der Waals surface area (Å²) in [5.74, 6) is 7.33. The van der Waals surface area contributed by atoms with Gasteiger partial charge in [0, 0.05) is 43.6 Å². The van der Waals surface area contributed by atoms with E-state index >= 15 is 0 Å². The molecule has 0 amide bonds. The topological polar surface area (TPSA) is 70.1 Å². The molecule has 1 saturated carbocycles. The normalized spacial score (nSPS) is 24.3. The molecule has 31 heavy (non-hydrogen) atoms. The van der Waals surface area contributed by atoms with Crippen LogP contribution in [0.4, 0.5) is 0 Å². The van der Waals surface area contributed by atoms with Crippen molar-refractivity contribution in [1.29, 1.82) is 0 Å². The van der Waals surface area contributed by atoms with Gasteiger partial charge in [-0.3, -0.25) is 0 Å². The third-order valence-corrected chi connectivity index (χ3v) is 8.05. The van der Waals surface area contributed by atoms with Gasteiger partial charge in [0.15, 0.2) is 0 Å². The van der Waals surface area contributed by atoms with Crippen LogP contribution in [0, 0.1) is 23.7 Å². The van der Waals surface area contributed by atoms with Crippen molar-refractivity contribution >= 4 is 10.0 Å². The maximum Gasteiger partial charge on any atom is 0.247 e. The quantitative estimate of drug-likeness (QED) is 0.650. The van der Waals surface area contributed by atoms with Gasteiger partial charge in [0.2, 0.25) is 10.0 Å². The van der Waals surface area contributed by atoms with Crippen LogP contribution in [0.25, 0.3) is 0 Å². The lowest BCUT2D eigenvalue weighted by molar-refractivity contribution is 0.0740. The minimum atomic E-state index is -3.80. The summed E-state index contributed by atoms with van der Waals surface area (Å²) in [7, 11) is -1.70. The zero-order valence-corrected chi connectivity index (χ0v) is 20.0. The fourth-order valence-corrected chi connectivity index (χ4v) is 5.76. The van der Waals surface area contributed by atoms with Crippen molar-refractivity contribution in [2.45, 2.75) is 63.5 Å². The number of benzene rings is 1. The Balaban J connectivity index is 1.98. The van der Waals surface area contributed by atoms with E-state index in [2.05, 4.69) is 30.7 Å². The van der Waals surface area contributed by atoms with Gasteiger partial charge in [-0.2, -0.15) is 4.31 Å². The van der Waals surface area contributed by atoms with Crippen LogP contribution in [0.5, 0.6) is 5.75 Å². The van der Waals surface area contributed by atoms with Crippen molar-refractivity contribution in [3.63, 3.8) is 0 Å². The lowest BCUT2D eigenvalue weighted by Crippen LogP contribution is -2.49. The fourth-order valence-electron chi connectivity index (χ4n) is 3.93. The molecule has 0 aromatic heterocycles. The van der Waals surface area contributed by atoms with Crippen LogP contribution in [0.15, 0.2) is 23.1 Å². The van der Waals surface area contributed by atoms with Gasteiger partial charge in [-0.15, -0.1) is 0 Å². The Kier molecular flexibility index (Phi) is 8.03. The monoisotopic (exact) mass is 448 g/mol. The van der Waals surface area contributed by atoms with Gasteiger partial charge in [0.25, 0.3) is 0 Å². The number of fused-ring (bicyclic) bond motifs is 1. The van der Waals surface area contributed by atoms with Crippen LogP contribution in [0.1, 0.15) is 52.0 Å². The molecule has 0 unspecified atom stereocenters. The van der Waals surface area contributed by atoms with E-state index in [1.54, 1.807) is 25.1 Å². The Bertz CT molecular complexity index is 917. The van der Waals surface area contributed by atoms with Gasteiger partial charge < -0.3 is 14.7 Å². The molecule has 3 rings (SSSR count). The molecule has 0 saturated heterocycles. The summed E-state index contributed by atoms with van der Waals surface area (Å²) in [5, 5.41) is 9.73. The Hall–Kier alpha value is -1.59. The number of unbranched alkanes of at least 4 members (excludes halogenated alkanes) is 1. The molecule has 1 aliphatic heterocycles.